The Balaban J connectivity index is 1.16. The Morgan fingerprint density at radius 2 is 0.475 bits per heavy atom. The van der Waals surface area contributed by atoms with E-state index in [1.54, 1.807) is 24.8 Å². The van der Waals surface area contributed by atoms with E-state index in [9.17, 15) is 47.9 Å². The summed E-state index contributed by atoms with van der Waals surface area (Å²) in [5.74, 6) is 0.567. The number of hydrogen-bond acceptors (Lipinski definition) is 25. The minimum absolute atomic E-state index is 0.114. The molecule has 27 nitrogen and oxygen atoms in total. The zero-order valence-corrected chi connectivity index (χ0v) is 62.6. The summed E-state index contributed by atoms with van der Waals surface area (Å²) in [5, 5.41) is 32.0. The van der Waals surface area contributed by atoms with Crippen molar-refractivity contribution in [3.8, 4) is 0 Å². The first-order valence-corrected chi connectivity index (χ1v) is 42.2. The summed E-state index contributed by atoms with van der Waals surface area (Å²) in [6, 6.07) is 22.6. The first-order chi connectivity index (χ1) is 48.2. The zero-order chi connectivity index (χ0) is 71.0. The van der Waals surface area contributed by atoms with Gasteiger partial charge in [0.05, 0.1) is 0 Å². The predicted molar refractivity (Wildman–Crippen MR) is 401 cm³/mol. The fourth-order valence-electron chi connectivity index (χ4n) is 8.39. The number of aromatic nitrogens is 4. The molecule has 0 aromatic carbocycles. The maximum absolute atomic E-state index is 13.2. The number of pyridine rings is 4. The molecule has 0 aliphatic carbocycles. The van der Waals surface area contributed by atoms with Crippen molar-refractivity contribution in [1.29, 1.82) is 0 Å². The van der Waals surface area contributed by atoms with Crippen molar-refractivity contribution in [2.45, 2.75) is 91.2 Å². The molecular weight excluding hydrogens is 1420 g/mol. The Hall–Kier alpha value is -6.02. The van der Waals surface area contributed by atoms with Crippen LogP contribution in [0.2, 0.25) is 0 Å². The van der Waals surface area contributed by atoms with Gasteiger partial charge in [-0.05, 0) is 98.3 Å². The standard InChI is InChI=1S/C64H95N17O10S8/c1-2-79(39-15-55(86)73-37-45-80(41-17-51(82)65-29-33-69-57(88)21-47-92-96-61-11-3-7-25-75-61)42-18-52(83)66-30-34-70-58(89)22-48-93-97-62-12-4-8-26-76-62)40-16-56(87)74-38-46-81(43-19-53(84)67-31-35-71-59(90)23-49-94-98-63-13-5-9-27-77-63)44-20-54(85)68-32-36-72-60(91)24-50-95-99-64-14-6-10-28-78-64/h3-14,25-28H,2,15-24,29-50H2,1H3,(H,65,82)(H,66,83)(H,67,84)(H,68,85)(H,69,88)(H,70,89)(H,71,90)(H,72,91)(H,73,86)(H,74,87). The Labute approximate surface area is 613 Å². The monoisotopic (exact) mass is 1520 g/mol. The van der Waals surface area contributed by atoms with Crippen molar-refractivity contribution in [1.82, 2.24) is 87.8 Å². The highest BCUT2D eigenvalue weighted by Crippen LogP contribution is 2.31. The molecule has 0 saturated heterocycles. The van der Waals surface area contributed by atoms with Crippen LogP contribution in [0.15, 0.2) is 118 Å². The minimum atomic E-state index is -0.232. The molecule has 99 heavy (non-hydrogen) atoms. The summed E-state index contributed by atoms with van der Waals surface area (Å²) < 4.78 is 0. The number of carbonyl (C=O) groups is 10. The molecule has 10 N–H and O–H groups in total. The molecule has 0 spiro atoms. The van der Waals surface area contributed by atoms with Gasteiger partial charge in [0, 0.05) is 230 Å². The van der Waals surface area contributed by atoms with Gasteiger partial charge in [-0.25, -0.2) is 19.9 Å². The highest BCUT2D eigenvalue weighted by atomic mass is 33.1. The van der Waals surface area contributed by atoms with Crippen LogP contribution in [0.3, 0.4) is 0 Å². The third kappa shape index (κ3) is 46.9. The molecule has 0 bridgehead atoms. The van der Waals surface area contributed by atoms with Crippen LogP contribution in [0, 0.1) is 0 Å². The Bertz CT molecular complexity index is 2600. The van der Waals surface area contributed by atoms with E-state index in [4.69, 9.17) is 0 Å². The summed E-state index contributed by atoms with van der Waals surface area (Å²) in [6.07, 6.45) is 8.93. The lowest BCUT2D eigenvalue weighted by atomic mass is 10.3. The molecule has 0 aliphatic rings. The Morgan fingerprint density at radius 1 is 0.273 bits per heavy atom. The van der Waals surface area contributed by atoms with E-state index in [1.165, 1.54) is 86.4 Å². The van der Waals surface area contributed by atoms with E-state index in [0.29, 0.717) is 108 Å². The van der Waals surface area contributed by atoms with Crippen LogP contribution in [0.5, 0.6) is 0 Å². The molecule has 0 atom stereocenters. The zero-order valence-electron chi connectivity index (χ0n) is 56.1. The molecule has 0 fully saturated rings. The first kappa shape index (κ1) is 85.4. The molecule has 544 valence electrons. The quantitative estimate of drug-likeness (QED) is 0.0217. The Kier molecular flexibility index (Phi) is 48.8. The van der Waals surface area contributed by atoms with Gasteiger partial charge in [0.2, 0.25) is 59.1 Å². The summed E-state index contributed by atoms with van der Waals surface area (Å²) in [5.41, 5.74) is 0. The average Bonchev–Trinajstić information content (AvgIpc) is 2.95. The van der Waals surface area contributed by atoms with Gasteiger partial charge in [-0.2, -0.15) is 0 Å². The lowest BCUT2D eigenvalue weighted by Gasteiger charge is -2.23. The van der Waals surface area contributed by atoms with Crippen LogP contribution in [-0.2, 0) is 47.9 Å². The second kappa shape index (κ2) is 56.6. The van der Waals surface area contributed by atoms with E-state index in [1.807, 2.05) is 94.4 Å². The number of nitrogens with zero attached hydrogens (tertiary/aromatic N) is 7. The molecule has 4 heterocycles. The number of amides is 10. The van der Waals surface area contributed by atoms with Crippen LogP contribution in [-0.4, -0.2) is 241 Å². The number of hydrogen-bond donors (Lipinski definition) is 10. The summed E-state index contributed by atoms with van der Waals surface area (Å²) in [6.45, 7) is 7.74. The molecule has 4 rings (SSSR count). The molecule has 4 aromatic rings. The molecular formula is C64H95N17O10S8. The van der Waals surface area contributed by atoms with Gasteiger partial charge in [0.15, 0.2) is 0 Å². The van der Waals surface area contributed by atoms with Crippen molar-refractivity contribution in [2.24, 2.45) is 0 Å². The van der Waals surface area contributed by atoms with Crippen molar-refractivity contribution in [3.05, 3.63) is 97.6 Å². The third-order valence-electron chi connectivity index (χ3n) is 13.7. The largest absolute Gasteiger partial charge is 0.355 e. The van der Waals surface area contributed by atoms with Gasteiger partial charge in [0.1, 0.15) is 20.1 Å². The van der Waals surface area contributed by atoms with E-state index in [0.717, 1.165) is 20.1 Å². The Morgan fingerprint density at radius 3 is 0.677 bits per heavy atom. The van der Waals surface area contributed by atoms with Crippen LogP contribution < -0.4 is 53.2 Å². The summed E-state index contributed by atoms with van der Waals surface area (Å²) >= 11 is 0. The van der Waals surface area contributed by atoms with Crippen LogP contribution in [0.1, 0.15) is 71.1 Å². The highest BCUT2D eigenvalue weighted by molar-refractivity contribution is 8.77. The maximum atomic E-state index is 13.2. The molecule has 35 heteroatoms. The van der Waals surface area contributed by atoms with Gasteiger partial charge in [-0.1, -0.05) is 74.4 Å². The van der Waals surface area contributed by atoms with E-state index in [-0.39, 0.29) is 163 Å². The fraction of sp³-hybridized carbons (Fsp3) is 0.531. The third-order valence-corrected chi connectivity index (χ3v) is 22.8. The number of rotatable bonds is 57. The molecule has 0 radical (unpaired) electrons. The smallest absolute Gasteiger partial charge is 0.221 e. The lowest BCUT2D eigenvalue weighted by Crippen LogP contribution is -2.41. The van der Waals surface area contributed by atoms with Crippen molar-refractivity contribution in [3.63, 3.8) is 0 Å². The van der Waals surface area contributed by atoms with E-state index < -0.39 is 0 Å². The molecule has 0 aliphatic heterocycles. The van der Waals surface area contributed by atoms with Gasteiger partial charge in [-0.15, -0.1) is 0 Å². The van der Waals surface area contributed by atoms with Crippen molar-refractivity contribution < 1.29 is 47.9 Å². The van der Waals surface area contributed by atoms with Crippen LogP contribution >= 0.6 is 86.4 Å². The highest BCUT2D eigenvalue weighted by Gasteiger charge is 2.17. The summed E-state index contributed by atoms with van der Waals surface area (Å²) in [7, 11) is 12.2. The fourth-order valence-corrected chi connectivity index (χ4v) is 15.9. The average molecular weight is 1520 g/mol. The normalized spacial score (nSPS) is 11.0. The van der Waals surface area contributed by atoms with Gasteiger partial charge < -0.3 is 67.9 Å². The first-order valence-electron chi connectivity index (χ1n) is 32.9. The SMILES string of the molecule is CCN(CCC(=O)NCCN(CCC(=O)NCCNC(=O)CCSSc1ccccn1)CCC(=O)NCCNC(=O)CCSSc1ccccn1)CCC(=O)NCCN(CCC(=O)NCCNC(=O)CCSSc1ccccn1)CCC(=O)NCCNC(=O)CCSSc1ccccn1. The molecule has 10 amide bonds. The van der Waals surface area contributed by atoms with Crippen molar-refractivity contribution >= 4 is 145 Å². The summed E-state index contributed by atoms with van der Waals surface area (Å²) in [4.78, 5) is 150. The minimum Gasteiger partial charge on any atom is -0.355 e. The second-order valence-electron chi connectivity index (χ2n) is 21.4. The van der Waals surface area contributed by atoms with Gasteiger partial charge >= 0.3 is 0 Å². The molecule has 4 aromatic heterocycles. The molecule has 0 saturated carbocycles. The topological polar surface area (TPSA) is 352 Å². The van der Waals surface area contributed by atoms with Gasteiger partial charge in [-0.3, -0.25) is 47.9 Å². The van der Waals surface area contributed by atoms with Crippen LogP contribution in [0.25, 0.3) is 0 Å². The van der Waals surface area contributed by atoms with Crippen LogP contribution in [0.4, 0.5) is 0 Å². The predicted octanol–water partition coefficient (Wildman–Crippen LogP) is 4.32. The maximum Gasteiger partial charge on any atom is 0.221 e. The van der Waals surface area contributed by atoms with Gasteiger partial charge in [0.25, 0.3) is 0 Å². The van der Waals surface area contributed by atoms with E-state index >= 15 is 0 Å². The lowest BCUT2D eigenvalue weighted by molar-refractivity contribution is -0.123. The number of nitrogens with one attached hydrogen (secondary N) is 10. The van der Waals surface area contributed by atoms with Crippen molar-refractivity contribution in [2.75, 3.05) is 147 Å². The molecule has 0 unspecified atom stereocenters. The number of carbonyl (C=O) groups excluding carboxylic acids is 10. The van der Waals surface area contributed by atoms with E-state index in [2.05, 4.69) is 73.1 Å². The second-order valence-corrected chi connectivity index (χ2v) is 31.2.